The summed E-state index contributed by atoms with van der Waals surface area (Å²) in [6.07, 6.45) is -2.18. The van der Waals surface area contributed by atoms with Crippen LogP contribution in [0.25, 0.3) is 0 Å². The number of benzene rings is 1. The predicted octanol–water partition coefficient (Wildman–Crippen LogP) is 4.03. The molecule has 0 amide bonds. The number of alkyl halides is 3. The van der Waals surface area contributed by atoms with Crippen molar-refractivity contribution in [2.24, 2.45) is 11.7 Å². The van der Waals surface area contributed by atoms with E-state index in [0.29, 0.717) is 16.9 Å². The standard InChI is InChI=1S/C14H18BrF3N2/c1-9-3-2-6-20(13(9)8-19)12-5-4-10(7-11(12)15)14(16,17)18/h4-5,7,9,13H,2-3,6,8,19H2,1H3. The lowest BCUT2D eigenvalue weighted by molar-refractivity contribution is -0.137. The van der Waals surface area contributed by atoms with Gasteiger partial charge in [0.05, 0.1) is 11.3 Å². The molecular weight excluding hydrogens is 333 g/mol. The molecule has 6 heteroatoms. The maximum Gasteiger partial charge on any atom is 0.416 e. The van der Waals surface area contributed by atoms with E-state index < -0.39 is 11.7 Å². The minimum absolute atomic E-state index is 0.178. The maximum absolute atomic E-state index is 12.7. The maximum atomic E-state index is 12.7. The van der Waals surface area contributed by atoms with Gasteiger partial charge in [-0.1, -0.05) is 6.92 Å². The van der Waals surface area contributed by atoms with E-state index in [1.54, 1.807) is 0 Å². The smallest absolute Gasteiger partial charge is 0.366 e. The molecule has 1 fully saturated rings. The van der Waals surface area contributed by atoms with Gasteiger partial charge >= 0.3 is 6.18 Å². The molecule has 1 aliphatic rings. The summed E-state index contributed by atoms with van der Waals surface area (Å²) in [5.74, 6) is 0.447. The van der Waals surface area contributed by atoms with Gasteiger partial charge in [-0.15, -0.1) is 0 Å². The van der Waals surface area contributed by atoms with E-state index in [0.717, 1.165) is 37.2 Å². The molecule has 0 saturated carbocycles. The summed E-state index contributed by atoms with van der Waals surface area (Å²) in [7, 11) is 0. The minimum atomic E-state index is -4.32. The Balaban J connectivity index is 2.32. The Labute approximate surface area is 125 Å². The highest BCUT2D eigenvalue weighted by molar-refractivity contribution is 9.10. The Morgan fingerprint density at radius 2 is 2.10 bits per heavy atom. The average Bonchev–Trinajstić information content (AvgIpc) is 2.37. The van der Waals surface area contributed by atoms with Gasteiger partial charge in [0, 0.05) is 23.6 Å². The number of rotatable bonds is 2. The van der Waals surface area contributed by atoms with Crippen LogP contribution in [0.4, 0.5) is 18.9 Å². The van der Waals surface area contributed by atoms with Crippen molar-refractivity contribution in [3.8, 4) is 0 Å². The highest BCUT2D eigenvalue weighted by Crippen LogP contribution is 2.37. The third-order valence-electron chi connectivity index (χ3n) is 3.94. The molecule has 2 unspecified atom stereocenters. The van der Waals surface area contributed by atoms with E-state index in [1.165, 1.54) is 6.07 Å². The first-order valence-electron chi connectivity index (χ1n) is 6.68. The summed E-state index contributed by atoms with van der Waals surface area (Å²) >= 11 is 3.27. The van der Waals surface area contributed by atoms with Crippen LogP contribution in [0.1, 0.15) is 25.3 Å². The zero-order valence-corrected chi connectivity index (χ0v) is 12.8. The van der Waals surface area contributed by atoms with Gasteiger partial charge in [0.25, 0.3) is 0 Å². The number of anilines is 1. The van der Waals surface area contributed by atoms with Crippen molar-refractivity contribution < 1.29 is 13.2 Å². The van der Waals surface area contributed by atoms with E-state index in [-0.39, 0.29) is 6.04 Å². The van der Waals surface area contributed by atoms with Crippen molar-refractivity contribution in [3.05, 3.63) is 28.2 Å². The molecule has 1 aliphatic heterocycles. The minimum Gasteiger partial charge on any atom is -0.366 e. The van der Waals surface area contributed by atoms with Gasteiger partial charge in [-0.2, -0.15) is 13.2 Å². The molecule has 20 heavy (non-hydrogen) atoms. The van der Waals surface area contributed by atoms with Crippen molar-refractivity contribution in [2.75, 3.05) is 18.0 Å². The fourth-order valence-electron chi connectivity index (χ4n) is 2.82. The van der Waals surface area contributed by atoms with Crippen LogP contribution in [0.15, 0.2) is 22.7 Å². The summed E-state index contributed by atoms with van der Waals surface area (Å²) in [6.45, 7) is 3.48. The van der Waals surface area contributed by atoms with E-state index in [9.17, 15) is 13.2 Å². The van der Waals surface area contributed by atoms with Gasteiger partial charge in [0.15, 0.2) is 0 Å². The van der Waals surface area contributed by atoms with Crippen molar-refractivity contribution >= 4 is 21.6 Å². The highest BCUT2D eigenvalue weighted by Gasteiger charge is 2.33. The SMILES string of the molecule is CC1CCCN(c2ccc(C(F)(F)F)cc2Br)C1CN. The summed E-state index contributed by atoms with van der Waals surface area (Å²) < 4.78 is 38.5. The fourth-order valence-corrected chi connectivity index (χ4v) is 3.43. The number of hydrogen-bond donors (Lipinski definition) is 1. The second kappa shape index (κ2) is 5.93. The number of piperidine rings is 1. The Morgan fingerprint density at radius 3 is 2.65 bits per heavy atom. The normalized spacial score (nSPS) is 24.0. The molecule has 0 aromatic heterocycles. The van der Waals surface area contributed by atoms with Gasteiger partial charge in [-0.3, -0.25) is 0 Å². The van der Waals surface area contributed by atoms with E-state index >= 15 is 0 Å². The summed E-state index contributed by atoms with van der Waals surface area (Å²) in [4.78, 5) is 2.12. The van der Waals surface area contributed by atoms with Crippen LogP contribution in [0.2, 0.25) is 0 Å². The van der Waals surface area contributed by atoms with Crippen molar-refractivity contribution in [2.45, 2.75) is 32.0 Å². The molecule has 0 aliphatic carbocycles. The first-order valence-corrected chi connectivity index (χ1v) is 7.47. The summed E-state index contributed by atoms with van der Waals surface area (Å²) in [5.41, 5.74) is 5.99. The van der Waals surface area contributed by atoms with Gasteiger partial charge < -0.3 is 10.6 Å². The van der Waals surface area contributed by atoms with Crippen LogP contribution in [-0.4, -0.2) is 19.1 Å². The van der Waals surface area contributed by atoms with E-state index in [4.69, 9.17) is 5.73 Å². The second-order valence-electron chi connectivity index (χ2n) is 5.28. The van der Waals surface area contributed by atoms with Crippen LogP contribution in [0, 0.1) is 5.92 Å². The molecule has 2 rings (SSSR count). The Hall–Kier alpha value is -0.750. The summed E-state index contributed by atoms with van der Waals surface area (Å²) in [5, 5.41) is 0. The van der Waals surface area contributed by atoms with Crippen LogP contribution in [0.3, 0.4) is 0 Å². The van der Waals surface area contributed by atoms with Crippen LogP contribution in [-0.2, 0) is 6.18 Å². The second-order valence-corrected chi connectivity index (χ2v) is 6.13. The van der Waals surface area contributed by atoms with Gasteiger partial charge in [0.1, 0.15) is 0 Å². The average molecular weight is 351 g/mol. The van der Waals surface area contributed by atoms with Crippen molar-refractivity contribution in [1.82, 2.24) is 0 Å². The molecule has 2 N–H and O–H groups in total. The first-order chi connectivity index (χ1) is 9.34. The molecule has 2 atom stereocenters. The number of hydrogen-bond acceptors (Lipinski definition) is 2. The molecule has 112 valence electrons. The molecule has 2 nitrogen and oxygen atoms in total. The molecule has 0 bridgehead atoms. The fraction of sp³-hybridized carbons (Fsp3) is 0.571. The molecule has 0 spiro atoms. The topological polar surface area (TPSA) is 29.3 Å². The van der Waals surface area contributed by atoms with Gasteiger partial charge in [-0.05, 0) is 52.9 Å². The van der Waals surface area contributed by atoms with Crippen LogP contribution in [0.5, 0.6) is 0 Å². The number of nitrogens with two attached hydrogens (primary N) is 1. The Morgan fingerprint density at radius 1 is 1.40 bits per heavy atom. The van der Waals surface area contributed by atoms with E-state index in [1.807, 2.05) is 0 Å². The lowest BCUT2D eigenvalue weighted by atomic mass is 9.90. The predicted molar refractivity (Wildman–Crippen MR) is 77.7 cm³/mol. The first kappa shape index (κ1) is 15.6. The molecule has 1 saturated heterocycles. The molecule has 1 aromatic carbocycles. The third kappa shape index (κ3) is 3.11. The van der Waals surface area contributed by atoms with Crippen LogP contribution >= 0.6 is 15.9 Å². The zero-order chi connectivity index (χ0) is 14.9. The van der Waals surface area contributed by atoms with Crippen molar-refractivity contribution in [1.29, 1.82) is 0 Å². The molecule has 1 heterocycles. The summed E-state index contributed by atoms with van der Waals surface area (Å²) in [6, 6.07) is 3.99. The quantitative estimate of drug-likeness (QED) is 0.872. The molecule has 0 radical (unpaired) electrons. The van der Waals surface area contributed by atoms with Crippen molar-refractivity contribution in [3.63, 3.8) is 0 Å². The lowest BCUT2D eigenvalue weighted by Gasteiger charge is -2.41. The van der Waals surface area contributed by atoms with Gasteiger partial charge in [-0.25, -0.2) is 0 Å². The Kier molecular flexibility index (Phi) is 4.64. The Bertz CT molecular complexity index is 476. The zero-order valence-electron chi connectivity index (χ0n) is 11.3. The highest BCUT2D eigenvalue weighted by atomic mass is 79.9. The number of halogens is 4. The largest absolute Gasteiger partial charge is 0.416 e. The molecular formula is C14H18BrF3N2. The van der Waals surface area contributed by atoms with Crippen LogP contribution < -0.4 is 10.6 Å². The lowest BCUT2D eigenvalue weighted by Crippen LogP contribution is -2.48. The molecule has 1 aromatic rings. The van der Waals surface area contributed by atoms with E-state index in [2.05, 4.69) is 27.8 Å². The third-order valence-corrected chi connectivity index (χ3v) is 4.58. The number of nitrogens with zero attached hydrogens (tertiary/aromatic N) is 1. The monoisotopic (exact) mass is 350 g/mol. The van der Waals surface area contributed by atoms with Gasteiger partial charge in [0.2, 0.25) is 0 Å².